The van der Waals surface area contributed by atoms with Crippen LogP contribution >= 0.6 is 0 Å². The monoisotopic (exact) mass is 536 g/mol. The van der Waals surface area contributed by atoms with Gasteiger partial charge in [0, 0.05) is 0 Å². The summed E-state index contributed by atoms with van der Waals surface area (Å²) < 4.78 is 37.2. The van der Waals surface area contributed by atoms with Crippen molar-refractivity contribution in [2.75, 3.05) is 6.61 Å². The van der Waals surface area contributed by atoms with Crippen LogP contribution in [0.1, 0.15) is 47.8 Å². The lowest BCUT2D eigenvalue weighted by molar-refractivity contribution is -0.261. The van der Waals surface area contributed by atoms with Crippen LogP contribution in [-0.4, -0.2) is 60.4 Å². The van der Waals surface area contributed by atoms with Crippen LogP contribution in [0.15, 0.2) is 72.8 Å². The highest BCUT2D eigenvalue weighted by Gasteiger charge is 2.53. The van der Waals surface area contributed by atoms with Gasteiger partial charge in [0.15, 0.2) is 18.3 Å². The Labute approximate surface area is 225 Å². The second kappa shape index (κ2) is 12.2. The highest BCUT2D eigenvalue weighted by molar-refractivity contribution is 5.91. The van der Waals surface area contributed by atoms with Crippen molar-refractivity contribution in [1.29, 1.82) is 0 Å². The predicted molar refractivity (Wildman–Crippen MR) is 138 cm³/mol. The van der Waals surface area contributed by atoms with Crippen molar-refractivity contribution in [3.8, 4) is 0 Å². The van der Waals surface area contributed by atoms with Gasteiger partial charge in [0.05, 0.1) is 23.3 Å². The molecule has 0 aromatic heterocycles. The summed E-state index contributed by atoms with van der Waals surface area (Å²) >= 11 is 0. The first kappa shape index (κ1) is 27.9. The molecule has 0 radical (unpaired) electrons. The third kappa shape index (κ3) is 6.68. The quantitative estimate of drug-likeness (QED) is 0.352. The molecule has 39 heavy (non-hydrogen) atoms. The zero-order chi connectivity index (χ0) is 28.1. The standard InChI is InChI=1S/C30H29FO8/c1-17-4-10-20(11-5-17)28(33)37-24-23(16-32)36-27(31)26(39-30(35)22-14-8-19(3)9-15-22)25(24)38-29(34)21-12-6-18(2)7-13-21/h4-15,23-27,32H,16H2,1-3H3/t23-,24-,25+,26-,27-/m1/s1. The van der Waals surface area contributed by atoms with Crippen molar-refractivity contribution < 1.29 is 42.8 Å². The van der Waals surface area contributed by atoms with Gasteiger partial charge in [0.2, 0.25) is 6.36 Å². The molecule has 8 nitrogen and oxygen atoms in total. The zero-order valence-corrected chi connectivity index (χ0v) is 21.7. The Kier molecular flexibility index (Phi) is 8.73. The first-order valence-corrected chi connectivity index (χ1v) is 12.4. The van der Waals surface area contributed by atoms with Crippen LogP contribution in [0.4, 0.5) is 4.39 Å². The van der Waals surface area contributed by atoms with Crippen LogP contribution in [0.25, 0.3) is 0 Å². The van der Waals surface area contributed by atoms with E-state index in [4.69, 9.17) is 18.9 Å². The van der Waals surface area contributed by atoms with Gasteiger partial charge in [0.25, 0.3) is 0 Å². The van der Waals surface area contributed by atoms with Crippen LogP contribution in [0.5, 0.6) is 0 Å². The summed E-state index contributed by atoms with van der Waals surface area (Å²) in [6, 6.07) is 19.3. The largest absolute Gasteiger partial charge is 0.452 e. The van der Waals surface area contributed by atoms with Crippen LogP contribution < -0.4 is 0 Å². The number of halogens is 1. The van der Waals surface area contributed by atoms with Crippen molar-refractivity contribution in [3.63, 3.8) is 0 Å². The Bertz CT molecular complexity index is 1300. The molecular formula is C30H29FO8. The third-order valence-electron chi connectivity index (χ3n) is 6.35. The molecule has 1 heterocycles. The van der Waals surface area contributed by atoms with Gasteiger partial charge in [-0.25, -0.2) is 18.8 Å². The first-order valence-electron chi connectivity index (χ1n) is 12.4. The number of esters is 3. The molecule has 9 heteroatoms. The number of rotatable bonds is 7. The van der Waals surface area contributed by atoms with Crippen LogP contribution in [0.2, 0.25) is 0 Å². The maximum Gasteiger partial charge on any atom is 0.338 e. The zero-order valence-electron chi connectivity index (χ0n) is 21.7. The average molecular weight is 537 g/mol. The van der Waals surface area contributed by atoms with Gasteiger partial charge < -0.3 is 24.1 Å². The lowest BCUT2D eigenvalue weighted by Crippen LogP contribution is -2.61. The molecule has 0 bridgehead atoms. The smallest absolute Gasteiger partial charge is 0.338 e. The molecule has 0 spiro atoms. The predicted octanol–water partition coefficient (Wildman–Crippen LogP) is 4.28. The van der Waals surface area contributed by atoms with Crippen LogP contribution in [0.3, 0.4) is 0 Å². The Morgan fingerprint density at radius 3 is 1.33 bits per heavy atom. The fourth-order valence-electron chi connectivity index (χ4n) is 4.06. The molecule has 5 atom stereocenters. The van der Waals surface area contributed by atoms with Crippen molar-refractivity contribution in [1.82, 2.24) is 0 Å². The number of hydrogen-bond donors (Lipinski definition) is 1. The molecule has 3 aromatic rings. The van der Waals surface area contributed by atoms with E-state index in [1.165, 1.54) is 36.4 Å². The van der Waals surface area contributed by atoms with Gasteiger partial charge in [-0.3, -0.25) is 0 Å². The van der Waals surface area contributed by atoms with Gasteiger partial charge in [-0.05, 0) is 57.2 Å². The van der Waals surface area contributed by atoms with Gasteiger partial charge in [0.1, 0.15) is 6.10 Å². The van der Waals surface area contributed by atoms with E-state index >= 15 is 4.39 Å². The lowest BCUT2D eigenvalue weighted by atomic mass is 9.98. The summed E-state index contributed by atoms with van der Waals surface area (Å²) in [6.45, 7) is 4.77. The summed E-state index contributed by atoms with van der Waals surface area (Å²) in [7, 11) is 0. The van der Waals surface area contributed by atoms with E-state index in [1.807, 2.05) is 20.8 Å². The fourth-order valence-corrected chi connectivity index (χ4v) is 4.06. The van der Waals surface area contributed by atoms with Gasteiger partial charge in [-0.1, -0.05) is 53.1 Å². The van der Waals surface area contributed by atoms with E-state index in [-0.39, 0.29) is 16.7 Å². The maximum atomic E-state index is 15.3. The van der Waals surface area contributed by atoms with Crippen LogP contribution in [0, 0.1) is 20.8 Å². The summed E-state index contributed by atoms with van der Waals surface area (Å²) in [5.74, 6) is -2.58. The third-order valence-corrected chi connectivity index (χ3v) is 6.35. The number of carbonyl (C=O) groups excluding carboxylic acids is 3. The second-order valence-corrected chi connectivity index (χ2v) is 9.42. The molecule has 1 fully saturated rings. The highest BCUT2D eigenvalue weighted by atomic mass is 19.1. The summed E-state index contributed by atoms with van der Waals surface area (Å²) in [6.07, 6.45) is -8.63. The van der Waals surface area contributed by atoms with E-state index in [0.717, 1.165) is 16.7 Å². The second-order valence-electron chi connectivity index (χ2n) is 9.42. The molecule has 1 N–H and O–H groups in total. The Morgan fingerprint density at radius 1 is 0.641 bits per heavy atom. The minimum absolute atomic E-state index is 0.133. The molecule has 0 unspecified atom stereocenters. The number of carbonyl (C=O) groups is 3. The van der Waals surface area contributed by atoms with E-state index in [9.17, 15) is 19.5 Å². The normalized spacial score (nSPS) is 22.5. The molecule has 0 amide bonds. The number of aliphatic hydroxyl groups is 1. The molecule has 204 valence electrons. The maximum absolute atomic E-state index is 15.3. The molecule has 1 aliphatic rings. The number of ether oxygens (including phenoxy) is 4. The highest BCUT2D eigenvalue weighted by Crippen LogP contribution is 2.31. The minimum Gasteiger partial charge on any atom is -0.452 e. The van der Waals surface area contributed by atoms with Gasteiger partial charge >= 0.3 is 17.9 Å². The van der Waals surface area contributed by atoms with Crippen molar-refractivity contribution in [3.05, 3.63) is 106 Å². The van der Waals surface area contributed by atoms with Crippen LogP contribution in [-0.2, 0) is 18.9 Å². The first-order chi connectivity index (χ1) is 18.7. The molecule has 0 saturated carbocycles. The summed E-state index contributed by atoms with van der Waals surface area (Å²) in [5, 5.41) is 9.94. The molecule has 1 aliphatic heterocycles. The van der Waals surface area contributed by atoms with E-state index in [0.29, 0.717) is 0 Å². The molecule has 0 aliphatic carbocycles. The van der Waals surface area contributed by atoms with Crippen molar-refractivity contribution in [2.45, 2.75) is 51.5 Å². The summed E-state index contributed by atoms with van der Waals surface area (Å²) in [4.78, 5) is 39.0. The minimum atomic E-state index is -2.29. The molecule has 1 saturated heterocycles. The molecule has 4 rings (SSSR count). The number of aryl methyl sites for hydroxylation is 3. The number of alkyl halides is 1. The SMILES string of the molecule is Cc1ccc(C(=O)O[C@@H]2[C@@H](OC(=O)c3ccc(C)cc3)[C@H](F)O[C@H](CO)[C@H]2OC(=O)c2ccc(C)cc2)cc1. The topological polar surface area (TPSA) is 108 Å². The Hall–Kier alpha value is -4.08. The fraction of sp³-hybridized carbons (Fsp3) is 0.300. The number of benzene rings is 3. The van der Waals surface area contributed by atoms with Gasteiger partial charge in [-0.15, -0.1) is 0 Å². The number of hydrogen-bond acceptors (Lipinski definition) is 8. The van der Waals surface area contributed by atoms with Crippen molar-refractivity contribution >= 4 is 17.9 Å². The molecule has 3 aromatic carbocycles. The Morgan fingerprint density at radius 2 is 0.974 bits per heavy atom. The molecular weight excluding hydrogens is 507 g/mol. The van der Waals surface area contributed by atoms with E-state index in [2.05, 4.69) is 0 Å². The average Bonchev–Trinajstić information content (AvgIpc) is 2.92. The van der Waals surface area contributed by atoms with Gasteiger partial charge in [-0.2, -0.15) is 0 Å². The summed E-state index contributed by atoms with van der Waals surface area (Å²) in [5.41, 5.74) is 3.17. The van der Waals surface area contributed by atoms with E-state index < -0.39 is 55.3 Å². The Balaban J connectivity index is 1.66. The number of aliphatic hydroxyl groups excluding tert-OH is 1. The lowest BCUT2D eigenvalue weighted by Gasteiger charge is -2.41. The van der Waals surface area contributed by atoms with Crippen molar-refractivity contribution in [2.24, 2.45) is 0 Å². The van der Waals surface area contributed by atoms with E-state index in [1.54, 1.807) is 36.4 Å².